The van der Waals surface area contributed by atoms with E-state index < -0.39 is 11.4 Å². The van der Waals surface area contributed by atoms with Gasteiger partial charge in [0.1, 0.15) is 12.4 Å². The van der Waals surface area contributed by atoms with Crippen molar-refractivity contribution in [3.8, 4) is 0 Å². The predicted molar refractivity (Wildman–Crippen MR) is 96.4 cm³/mol. The monoisotopic (exact) mass is 364 g/mol. The van der Waals surface area contributed by atoms with Gasteiger partial charge in [0.2, 0.25) is 0 Å². The van der Waals surface area contributed by atoms with Crippen molar-refractivity contribution < 1.29 is 24.2 Å². The fraction of sp³-hybridized carbons (Fsp3) is 0.857. The summed E-state index contributed by atoms with van der Waals surface area (Å²) in [5, 5.41) is 9.84. The van der Waals surface area contributed by atoms with Crippen molar-refractivity contribution in [2.75, 3.05) is 0 Å². The first-order chi connectivity index (χ1) is 12.2. The van der Waals surface area contributed by atoms with Gasteiger partial charge in [-0.15, -0.1) is 0 Å². The Hall–Kier alpha value is -1.39. The van der Waals surface area contributed by atoms with E-state index in [1.165, 1.54) is 6.92 Å². The molecule has 3 rings (SSSR count). The topological polar surface area (TPSA) is 80.7 Å². The summed E-state index contributed by atoms with van der Waals surface area (Å²) in [6.07, 6.45) is 7.74. The van der Waals surface area contributed by atoms with Gasteiger partial charge in [-0.05, 0) is 81.0 Å². The fourth-order valence-electron chi connectivity index (χ4n) is 6.68. The number of hydrogen-bond acceptors (Lipinski definition) is 4. The summed E-state index contributed by atoms with van der Waals surface area (Å²) in [6, 6.07) is 0. The highest BCUT2D eigenvalue weighted by atomic mass is 16.5. The molecule has 0 radical (unpaired) electrons. The van der Waals surface area contributed by atoms with E-state index in [0.29, 0.717) is 30.6 Å². The fourth-order valence-corrected chi connectivity index (χ4v) is 6.68. The summed E-state index contributed by atoms with van der Waals surface area (Å²) in [7, 11) is 0. The van der Waals surface area contributed by atoms with Crippen molar-refractivity contribution in [2.24, 2.45) is 34.5 Å². The second kappa shape index (κ2) is 6.97. The Balaban J connectivity index is 1.83. The molecule has 0 aromatic heterocycles. The molecule has 7 atom stereocenters. The summed E-state index contributed by atoms with van der Waals surface area (Å²) < 4.78 is 5.48. The summed E-state index contributed by atoms with van der Waals surface area (Å²) >= 11 is 0. The van der Waals surface area contributed by atoms with Crippen LogP contribution in [0, 0.1) is 34.5 Å². The number of aldehydes is 1. The van der Waals surface area contributed by atoms with E-state index in [0.717, 1.165) is 44.8 Å². The van der Waals surface area contributed by atoms with E-state index in [1.54, 1.807) is 0 Å². The molecule has 0 aromatic carbocycles. The van der Waals surface area contributed by atoms with Crippen molar-refractivity contribution in [1.29, 1.82) is 0 Å². The second-order valence-corrected chi connectivity index (χ2v) is 9.33. The molecule has 5 heteroatoms. The van der Waals surface area contributed by atoms with Gasteiger partial charge in [-0.2, -0.15) is 0 Å². The van der Waals surface area contributed by atoms with Crippen molar-refractivity contribution >= 4 is 18.2 Å². The number of carbonyl (C=O) groups excluding carboxylic acids is 2. The van der Waals surface area contributed by atoms with E-state index in [4.69, 9.17) is 4.74 Å². The molecule has 5 nitrogen and oxygen atoms in total. The third-order valence-corrected chi connectivity index (χ3v) is 8.18. The first-order valence-corrected chi connectivity index (χ1v) is 10.1. The minimum Gasteiger partial charge on any atom is -0.481 e. The van der Waals surface area contributed by atoms with Crippen molar-refractivity contribution in [1.82, 2.24) is 0 Å². The average Bonchev–Trinajstić information content (AvgIpc) is 2.57. The number of hydrogen-bond donors (Lipinski definition) is 1. The van der Waals surface area contributed by atoms with Crippen LogP contribution in [0.3, 0.4) is 0 Å². The summed E-state index contributed by atoms with van der Waals surface area (Å²) in [6.45, 7) is 5.67. The maximum atomic E-state index is 12.0. The second-order valence-electron chi connectivity index (χ2n) is 9.33. The number of carbonyl (C=O) groups is 3. The van der Waals surface area contributed by atoms with Crippen LogP contribution in [0.5, 0.6) is 0 Å². The Morgan fingerprint density at radius 2 is 1.88 bits per heavy atom. The van der Waals surface area contributed by atoms with E-state index >= 15 is 0 Å². The van der Waals surface area contributed by atoms with Crippen LogP contribution in [0.15, 0.2) is 0 Å². The van der Waals surface area contributed by atoms with E-state index in [-0.39, 0.29) is 23.4 Å². The summed E-state index contributed by atoms with van der Waals surface area (Å²) in [5.74, 6) is 0.272. The van der Waals surface area contributed by atoms with Crippen LogP contribution in [0.2, 0.25) is 0 Å². The molecule has 3 aliphatic carbocycles. The summed E-state index contributed by atoms with van der Waals surface area (Å²) in [4.78, 5) is 34.6. The number of esters is 1. The Bertz CT molecular complexity index is 587. The molecule has 26 heavy (non-hydrogen) atoms. The van der Waals surface area contributed by atoms with Crippen LogP contribution in [0.1, 0.15) is 72.1 Å². The zero-order chi connectivity index (χ0) is 19.1. The van der Waals surface area contributed by atoms with Gasteiger partial charge >= 0.3 is 11.9 Å². The number of ether oxygens (including phenoxy) is 1. The van der Waals surface area contributed by atoms with Crippen LogP contribution in [-0.2, 0) is 19.1 Å². The lowest BCUT2D eigenvalue weighted by atomic mass is 9.44. The largest absolute Gasteiger partial charge is 0.481 e. The van der Waals surface area contributed by atoms with Crippen molar-refractivity contribution in [3.63, 3.8) is 0 Å². The van der Waals surface area contributed by atoms with Gasteiger partial charge < -0.3 is 14.6 Å². The lowest BCUT2D eigenvalue weighted by Gasteiger charge is -2.60. The van der Waals surface area contributed by atoms with Gasteiger partial charge in [0.05, 0.1) is 5.41 Å². The zero-order valence-corrected chi connectivity index (χ0v) is 16.2. The molecule has 0 aliphatic heterocycles. The lowest BCUT2D eigenvalue weighted by Crippen LogP contribution is -2.56. The predicted octanol–water partition coefficient (Wildman–Crippen LogP) is 3.84. The standard InChI is InChI=1S/C21H32O5/c1-13(23)26-15-6-9-20(2)14(12-15)4-5-16-17(20)7-10-21(3,19(24)25)18(16)8-11-22/h11,14-18H,4-10,12H2,1-3H3,(H,24,25)/t14-,15-,16+,17-,18-,20-,21+/m0/s1. The molecule has 146 valence electrons. The molecular weight excluding hydrogens is 332 g/mol. The van der Waals surface area contributed by atoms with Crippen molar-refractivity contribution in [2.45, 2.75) is 78.2 Å². The maximum Gasteiger partial charge on any atom is 0.309 e. The van der Waals surface area contributed by atoms with Gasteiger partial charge in [-0.1, -0.05) is 6.92 Å². The summed E-state index contributed by atoms with van der Waals surface area (Å²) in [5.41, 5.74) is -0.624. The molecule has 0 amide bonds. The van der Waals surface area contributed by atoms with Gasteiger partial charge in [0.15, 0.2) is 0 Å². The highest BCUT2D eigenvalue weighted by molar-refractivity contribution is 5.75. The van der Waals surface area contributed by atoms with Crippen LogP contribution < -0.4 is 0 Å². The number of rotatable bonds is 4. The van der Waals surface area contributed by atoms with E-state index in [2.05, 4.69) is 6.92 Å². The number of carboxylic acids is 1. The normalized spacial score (nSPS) is 45.1. The Labute approximate surface area is 155 Å². The smallest absolute Gasteiger partial charge is 0.309 e. The molecule has 3 aliphatic rings. The first-order valence-electron chi connectivity index (χ1n) is 10.1. The molecule has 0 spiro atoms. The molecule has 0 saturated heterocycles. The molecule has 3 fully saturated rings. The third-order valence-electron chi connectivity index (χ3n) is 8.18. The highest BCUT2D eigenvalue weighted by Crippen LogP contribution is 2.63. The number of fused-ring (bicyclic) bond motifs is 3. The Morgan fingerprint density at radius 3 is 2.50 bits per heavy atom. The van der Waals surface area contributed by atoms with Gasteiger partial charge in [-0.3, -0.25) is 9.59 Å². The molecule has 0 heterocycles. The minimum absolute atomic E-state index is 0.0285. The van der Waals surface area contributed by atoms with Crippen LogP contribution in [0.4, 0.5) is 0 Å². The Kier molecular flexibility index (Phi) is 5.19. The van der Waals surface area contributed by atoms with Crippen molar-refractivity contribution in [3.05, 3.63) is 0 Å². The lowest BCUT2D eigenvalue weighted by molar-refractivity contribution is -0.172. The third kappa shape index (κ3) is 3.07. The van der Waals surface area contributed by atoms with E-state index in [9.17, 15) is 19.5 Å². The SMILES string of the molecule is CC(=O)O[C@H]1CC[C@@]2(C)[C@@H](CC[C@@H]3[C@@H]2CC[C@@](C)(C(=O)O)[C@H]3CC=O)C1. The highest BCUT2D eigenvalue weighted by Gasteiger charge is 2.58. The minimum atomic E-state index is -0.791. The molecule has 0 bridgehead atoms. The van der Waals surface area contributed by atoms with Crippen LogP contribution in [-0.4, -0.2) is 29.4 Å². The molecule has 1 N–H and O–H groups in total. The first kappa shape index (κ1) is 19.4. The molecule has 0 unspecified atom stereocenters. The Morgan fingerprint density at radius 1 is 1.15 bits per heavy atom. The number of aliphatic carboxylic acids is 1. The number of carboxylic acid groups (broad SMARTS) is 1. The zero-order valence-electron chi connectivity index (χ0n) is 16.2. The quantitative estimate of drug-likeness (QED) is 0.605. The van der Waals surface area contributed by atoms with Gasteiger partial charge in [-0.25, -0.2) is 0 Å². The molecule has 3 saturated carbocycles. The van der Waals surface area contributed by atoms with E-state index in [1.807, 2.05) is 6.92 Å². The average molecular weight is 364 g/mol. The van der Waals surface area contributed by atoms with Crippen LogP contribution in [0.25, 0.3) is 0 Å². The molecular formula is C21H32O5. The van der Waals surface area contributed by atoms with Crippen LogP contribution >= 0.6 is 0 Å². The molecule has 0 aromatic rings. The van der Waals surface area contributed by atoms with Gasteiger partial charge in [0.25, 0.3) is 0 Å². The maximum absolute atomic E-state index is 12.0. The van der Waals surface area contributed by atoms with Gasteiger partial charge in [0, 0.05) is 13.3 Å².